The zero-order valence-corrected chi connectivity index (χ0v) is 10.2. The molecule has 0 aliphatic carbocycles. The average molecular weight is 267 g/mol. The van der Waals surface area contributed by atoms with Gasteiger partial charge in [-0.1, -0.05) is 36.4 Å². The minimum Gasteiger partial charge on any atom is -0.478 e. The maximum Gasteiger partial charge on any atom is 0.336 e. The number of hydrogen-bond acceptors (Lipinski definition) is 2. The van der Waals surface area contributed by atoms with E-state index in [4.69, 9.17) is 5.53 Å². The van der Waals surface area contributed by atoms with Crippen molar-refractivity contribution in [3.05, 3.63) is 64.5 Å². The molecular weight excluding hydrogens is 258 g/mol. The van der Waals surface area contributed by atoms with Crippen LogP contribution >= 0.6 is 0 Å². The molecule has 0 unspecified atom stereocenters. The summed E-state index contributed by atoms with van der Waals surface area (Å²) < 4.78 is 0. The summed E-state index contributed by atoms with van der Waals surface area (Å²) in [5.74, 6) is -1.03. The van der Waals surface area contributed by atoms with E-state index in [0.29, 0.717) is 16.8 Å². The summed E-state index contributed by atoms with van der Waals surface area (Å²) in [5.41, 5.74) is 9.89. The fraction of sp³-hybridized carbons (Fsp3) is 0. The molecule has 0 radical (unpaired) electrons. The van der Waals surface area contributed by atoms with Crippen molar-refractivity contribution in [1.29, 1.82) is 0 Å². The summed E-state index contributed by atoms with van der Waals surface area (Å²) in [5, 5.41) is 19.3. The molecule has 0 aliphatic rings. The van der Waals surface area contributed by atoms with Gasteiger partial charge in [0, 0.05) is 5.56 Å². The third-order valence-electron chi connectivity index (χ3n) is 2.58. The lowest BCUT2D eigenvalue weighted by atomic mass is 9.98. The van der Waals surface area contributed by atoms with Crippen LogP contribution in [0.25, 0.3) is 21.6 Å². The molecule has 0 aliphatic heterocycles. The Morgan fingerprint density at radius 1 is 1.05 bits per heavy atom. The first-order valence-electron chi connectivity index (χ1n) is 5.61. The van der Waals surface area contributed by atoms with E-state index < -0.39 is 5.97 Å². The molecule has 0 fully saturated rings. The predicted molar refractivity (Wildman–Crippen MR) is 72.5 cm³/mol. The van der Waals surface area contributed by atoms with Crippen molar-refractivity contribution < 1.29 is 9.90 Å². The molecule has 2 aromatic rings. The van der Waals surface area contributed by atoms with Crippen LogP contribution in [0, 0.1) is 0 Å². The lowest BCUT2D eigenvalue weighted by Gasteiger charge is -2.07. The Hall–Kier alpha value is -3.18. The summed E-state index contributed by atoms with van der Waals surface area (Å²) in [4.78, 5) is 13.7. The molecule has 1 N–H and O–H groups in total. The number of nitrogens with zero attached hydrogens (tertiary/aromatic N) is 5. The van der Waals surface area contributed by atoms with Crippen molar-refractivity contribution in [2.45, 2.75) is 0 Å². The van der Waals surface area contributed by atoms with E-state index in [-0.39, 0.29) is 5.56 Å². The van der Waals surface area contributed by atoms with Gasteiger partial charge in [0.25, 0.3) is 0 Å². The van der Waals surface area contributed by atoms with Crippen molar-refractivity contribution in [2.24, 2.45) is 15.6 Å². The van der Waals surface area contributed by atoms with E-state index in [2.05, 4.69) is 20.5 Å². The zero-order valence-electron chi connectivity index (χ0n) is 10.2. The monoisotopic (exact) mass is 267 g/mol. The number of rotatable bonds is 4. The van der Waals surface area contributed by atoms with Gasteiger partial charge in [0.05, 0.1) is 10.8 Å². The van der Waals surface area contributed by atoms with Gasteiger partial charge in [-0.25, -0.2) is 4.79 Å². The zero-order chi connectivity index (χ0) is 14.4. The number of hydrogen-bond donors (Lipinski definition) is 1. The molecule has 0 saturated carbocycles. The molecule has 0 bridgehead atoms. The summed E-state index contributed by atoms with van der Waals surface area (Å²) in [6.45, 7) is 0. The highest BCUT2D eigenvalue weighted by Gasteiger charge is 2.13. The normalized spacial score (nSPS) is 10.2. The number of carboxylic acid groups (broad SMARTS) is 1. The fourth-order valence-corrected chi connectivity index (χ4v) is 1.78. The van der Waals surface area contributed by atoms with Gasteiger partial charge >= 0.3 is 5.97 Å². The van der Waals surface area contributed by atoms with Gasteiger partial charge < -0.3 is 5.11 Å². The maximum atomic E-state index is 11.2. The van der Waals surface area contributed by atoms with Crippen molar-refractivity contribution in [1.82, 2.24) is 0 Å². The molecule has 2 rings (SSSR count). The Bertz CT molecular complexity index is 720. The molecule has 0 atom stereocenters. The number of carboxylic acids is 1. The van der Waals surface area contributed by atoms with Crippen molar-refractivity contribution >= 4 is 11.7 Å². The highest BCUT2D eigenvalue weighted by molar-refractivity contribution is 5.97. The van der Waals surface area contributed by atoms with Crippen LogP contribution in [0.2, 0.25) is 0 Å². The molecule has 0 spiro atoms. The molecule has 0 aromatic heterocycles. The Balaban J connectivity index is 2.59. The van der Waals surface area contributed by atoms with Crippen LogP contribution in [-0.4, -0.2) is 11.1 Å². The molecule has 0 amide bonds. The second-order valence-electron chi connectivity index (χ2n) is 3.74. The number of azide groups is 1. The first-order chi connectivity index (χ1) is 9.74. The third-order valence-corrected chi connectivity index (χ3v) is 2.58. The summed E-state index contributed by atoms with van der Waals surface area (Å²) in [6.07, 6.45) is 0. The molecule has 20 heavy (non-hydrogen) atoms. The van der Waals surface area contributed by atoms with E-state index in [1.807, 2.05) is 0 Å². The van der Waals surface area contributed by atoms with Crippen LogP contribution in [0.5, 0.6) is 0 Å². The van der Waals surface area contributed by atoms with Gasteiger partial charge in [-0.05, 0) is 22.8 Å². The van der Waals surface area contributed by atoms with Crippen molar-refractivity contribution in [3.63, 3.8) is 0 Å². The molecule has 0 saturated heterocycles. The van der Waals surface area contributed by atoms with E-state index >= 15 is 0 Å². The topological polar surface area (TPSA) is 111 Å². The lowest BCUT2D eigenvalue weighted by Crippen LogP contribution is -1.98. The quantitative estimate of drug-likeness (QED) is 0.384. The number of benzene rings is 2. The molecule has 7 nitrogen and oxygen atoms in total. The van der Waals surface area contributed by atoms with Gasteiger partial charge in [0.15, 0.2) is 0 Å². The van der Waals surface area contributed by atoms with Crippen molar-refractivity contribution in [3.8, 4) is 11.1 Å². The average Bonchev–Trinajstić information content (AvgIpc) is 2.48. The van der Waals surface area contributed by atoms with Crippen LogP contribution < -0.4 is 0 Å². The molecule has 0 heterocycles. The van der Waals surface area contributed by atoms with E-state index in [1.54, 1.807) is 42.5 Å². The highest BCUT2D eigenvalue weighted by atomic mass is 16.4. The molecule has 2 aromatic carbocycles. The summed E-state index contributed by atoms with van der Waals surface area (Å²) >= 11 is 0. The first kappa shape index (κ1) is 13.3. The fourth-order valence-electron chi connectivity index (χ4n) is 1.78. The lowest BCUT2D eigenvalue weighted by molar-refractivity contribution is 0.0698. The molecule has 7 heteroatoms. The maximum absolute atomic E-state index is 11.2. The van der Waals surface area contributed by atoms with Gasteiger partial charge in [-0.3, -0.25) is 0 Å². The summed E-state index contributed by atoms with van der Waals surface area (Å²) in [7, 11) is 0. The van der Waals surface area contributed by atoms with Crippen LogP contribution in [0.4, 0.5) is 5.69 Å². The molecule has 98 valence electrons. The second kappa shape index (κ2) is 6.12. The van der Waals surface area contributed by atoms with Crippen LogP contribution in [0.1, 0.15) is 10.4 Å². The van der Waals surface area contributed by atoms with Gasteiger partial charge in [-0.15, -0.1) is 5.53 Å². The largest absolute Gasteiger partial charge is 0.478 e. The number of carbonyl (C=O) groups is 1. The first-order valence-corrected chi connectivity index (χ1v) is 5.61. The third kappa shape index (κ3) is 2.80. The van der Waals surface area contributed by atoms with Crippen molar-refractivity contribution in [2.75, 3.05) is 0 Å². The summed E-state index contributed by atoms with van der Waals surface area (Å²) in [6, 6.07) is 13.5. The van der Waals surface area contributed by atoms with E-state index in [9.17, 15) is 9.90 Å². The molecular formula is C13H9N5O2. The standard InChI is InChI=1S/C13H9N5O2/c14-16-18-17-15-12-8-4-3-6-10(12)9-5-1-2-7-11(9)13(19)20/h1-8H,(H,19,20). The van der Waals surface area contributed by atoms with Crippen LogP contribution in [0.3, 0.4) is 0 Å². The van der Waals surface area contributed by atoms with Gasteiger partial charge in [0.2, 0.25) is 0 Å². The second-order valence-corrected chi connectivity index (χ2v) is 3.74. The van der Waals surface area contributed by atoms with Gasteiger partial charge in [-0.2, -0.15) is 4.91 Å². The SMILES string of the molecule is [N-]=[N+]=NN=Nc1ccccc1-c1ccccc1C(=O)O. The Morgan fingerprint density at radius 3 is 2.40 bits per heavy atom. The predicted octanol–water partition coefficient (Wildman–Crippen LogP) is 4.36. The van der Waals surface area contributed by atoms with Gasteiger partial charge in [0.1, 0.15) is 10.9 Å². The van der Waals surface area contributed by atoms with Crippen LogP contribution in [0.15, 0.2) is 64.1 Å². The van der Waals surface area contributed by atoms with E-state index in [1.165, 1.54) is 6.07 Å². The smallest absolute Gasteiger partial charge is 0.336 e. The van der Waals surface area contributed by atoms with Crippen LogP contribution in [-0.2, 0) is 0 Å². The number of aromatic carboxylic acids is 1. The minimum absolute atomic E-state index is 0.166. The minimum atomic E-state index is -1.03. The Kier molecular flexibility index (Phi) is 4.06. The Labute approximate surface area is 113 Å². The van der Waals surface area contributed by atoms with E-state index in [0.717, 1.165) is 0 Å². The Morgan fingerprint density at radius 2 is 1.70 bits per heavy atom. The highest BCUT2D eigenvalue weighted by Crippen LogP contribution is 2.32.